The molecule has 0 fully saturated rings. The Hall–Kier alpha value is -1.43. The van der Waals surface area contributed by atoms with E-state index in [0.29, 0.717) is 27.8 Å². The van der Waals surface area contributed by atoms with Crippen molar-refractivity contribution in [3.05, 3.63) is 28.2 Å². The van der Waals surface area contributed by atoms with Gasteiger partial charge in [0.05, 0.1) is 15.5 Å². The third-order valence-corrected chi connectivity index (χ3v) is 3.25. The van der Waals surface area contributed by atoms with Crippen LogP contribution in [0.25, 0.3) is 11.0 Å². The summed E-state index contributed by atoms with van der Waals surface area (Å²) in [4.78, 5) is 17.9. The average molecular weight is 315 g/mol. The zero-order valence-corrected chi connectivity index (χ0v) is 11.3. The van der Waals surface area contributed by atoms with Crippen molar-refractivity contribution in [3.8, 4) is 0 Å². The molecule has 1 heterocycles. The second-order valence-corrected chi connectivity index (χ2v) is 5.23. The van der Waals surface area contributed by atoms with Crippen molar-refractivity contribution in [1.82, 2.24) is 9.97 Å². The second kappa shape index (κ2) is 5.06. The summed E-state index contributed by atoms with van der Waals surface area (Å²) >= 11 is 3.10. The minimum absolute atomic E-state index is 0.0173. The van der Waals surface area contributed by atoms with Gasteiger partial charge in [-0.25, -0.2) is 9.37 Å². The molecule has 18 heavy (non-hydrogen) atoms. The van der Waals surface area contributed by atoms with Gasteiger partial charge in [-0.2, -0.15) is 0 Å². The molecule has 0 spiro atoms. The van der Waals surface area contributed by atoms with E-state index in [-0.39, 0.29) is 18.2 Å². The Morgan fingerprint density at radius 1 is 1.61 bits per heavy atom. The summed E-state index contributed by atoms with van der Waals surface area (Å²) in [6, 6.07) is 2.98. The van der Waals surface area contributed by atoms with Crippen molar-refractivity contribution >= 4 is 32.9 Å². The largest absolute Gasteiger partial charge is 0.481 e. The summed E-state index contributed by atoms with van der Waals surface area (Å²) in [5.41, 5.74) is 1.29. The van der Waals surface area contributed by atoms with E-state index in [0.717, 1.165) is 0 Å². The van der Waals surface area contributed by atoms with E-state index in [1.807, 2.05) is 6.92 Å². The number of hydrogen-bond donors (Lipinski definition) is 2. The summed E-state index contributed by atoms with van der Waals surface area (Å²) in [6.45, 7) is 1.85. The standard InChI is InChI=1S/C12H12BrFN2O2/c1-6(3-12(17)18)2-11-15-9-4-7(13)8(14)5-10(9)16-11/h4-6H,2-3H2,1H3,(H,15,16)(H,17,18). The summed E-state index contributed by atoms with van der Waals surface area (Å²) < 4.78 is 13.7. The summed E-state index contributed by atoms with van der Waals surface area (Å²) in [7, 11) is 0. The molecule has 0 radical (unpaired) electrons. The fourth-order valence-corrected chi connectivity index (χ4v) is 2.19. The van der Waals surface area contributed by atoms with E-state index >= 15 is 0 Å². The van der Waals surface area contributed by atoms with Gasteiger partial charge < -0.3 is 10.1 Å². The van der Waals surface area contributed by atoms with Crippen molar-refractivity contribution in [2.75, 3.05) is 0 Å². The molecule has 1 atom stereocenters. The molecular formula is C12H12BrFN2O2. The number of nitrogens with one attached hydrogen (secondary N) is 1. The van der Waals surface area contributed by atoms with Gasteiger partial charge in [-0.1, -0.05) is 6.92 Å². The van der Waals surface area contributed by atoms with Crippen LogP contribution in [-0.4, -0.2) is 21.0 Å². The fourth-order valence-electron chi connectivity index (χ4n) is 1.85. The topological polar surface area (TPSA) is 66.0 Å². The van der Waals surface area contributed by atoms with Gasteiger partial charge in [0.1, 0.15) is 11.6 Å². The first-order chi connectivity index (χ1) is 8.45. The fraction of sp³-hybridized carbons (Fsp3) is 0.333. The number of carboxylic acids is 1. The molecule has 0 aliphatic carbocycles. The Balaban J connectivity index is 2.22. The van der Waals surface area contributed by atoms with Crippen molar-refractivity contribution < 1.29 is 14.3 Å². The number of aromatic amines is 1. The van der Waals surface area contributed by atoms with Crippen LogP contribution < -0.4 is 0 Å². The zero-order chi connectivity index (χ0) is 13.3. The molecular weight excluding hydrogens is 303 g/mol. The average Bonchev–Trinajstić information content (AvgIpc) is 2.58. The van der Waals surface area contributed by atoms with Crippen LogP contribution in [-0.2, 0) is 11.2 Å². The Bertz CT molecular complexity index is 558. The Labute approximate surface area is 111 Å². The van der Waals surface area contributed by atoms with Gasteiger partial charge in [0.15, 0.2) is 0 Å². The van der Waals surface area contributed by atoms with Gasteiger partial charge in [0.25, 0.3) is 0 Å². The predicted octanol–water partition coefficient (Wildman–Crippen LogP) is 3.12. The van der Waals surface area contributed by atoms with Crippen LogP contribution in [0.2, 0.25) is 0 Å². The van der Waals surface area contributed by atoms with E-state index in [1.54, 1.807) is 6.07 Å². The van der Waals surface area contributed by atoms with Crippen LogP contribution in [0, 0.1) is 11.7 Å². The van der Waals surface area contributed by atoms with Gasteiger partial charge in [-0.15, -0.1) is 0 Å². The smallest absolute Gasteiger partial charge is 0.303 e. The Morgan fingerprint density at radius 2 is 2.33 bits per heavy atom. The maximum atomic E-state index is 13.3. The van der Waals surface area contributed by atoms with Crippen LogP contribution in [0.4, 0.5) is 4.39 Å². The van der Waals surface area contributed by atoms with Crippen molar-refractivity contribution in [3.63, 3.8) is 0 Å². The number of hydrogen-bond acceptors (Lipinski definition) is 2. The highest BCUT2D eigenvalue weighted by Crippen LogP contribution is 2.22. The number of aromatic nitrogens is 2. The monoisotopic (exact) mass is 314 g/mol. The normalized spacial score (nSPS) is 12.8. The van der Waals surface area contributed by atoms with E-state index in [2.05, 4.69) is 25.9 Å². The zero-order valence-electron chi connectivity index (χ0n) is 9.70. The van der Waals surface area contributed by atoms with E-state index in [1.165, 1.54) is 6.07 Å². The molecule has 0 bridgehead atoms. The molecule has 1 aromatic heterocycles. The van der Waals surface area contributed by atoms with Crippen LogP contribution in [0.1, 0.15) is 19.2 Å². The van der Waals surface area contributed by atoms with Crippen LogP contribution in [0.3, 0.4) is 0 Å². The van der Waals surface area contributed by atoms with E-state index in [4.69, 9.17) is 5.11 Å². The lowest BCUT2D eigenvalue weighted by atomic mass is 10.0. The predicted molar refractivity (Wildman–Crippen MR) is 68.9 cm³/mol. The highest BCUT2D eigenvalue weighted by atomic mass is 79.9. The molecule has 0 aliphatic rings. The number of H-pyrrole nitrogens is 1. The van der Waals surface area contributed by atoms with Gasteiger partial charge in [-0.3, -0.25) is 4.79 Å². The van der Waals surface area contributed by atoms with Gasteiger partial charge in [0.2, 0.25) is 0 Å². The Kier molecular flexibility index (Phi) is 3.65. The number of carboxylic acid groups (broad SMARTS) is 1. The first-order valence-corrected chi connectivity index (χ1v) is 6.30. The quantitative estimate of drug-likeness (QED) is 0.911. The molecule has 0 amide bonds. The maximum absolute atomic E-state index is 13.3. The molecule has 2 N–H and O–H groups in total. The molecule has 2 aromatic rings. The van der Waals surface area contributed by atoms with Crippen molar-refractivity contribution in [1.29, 1.82) is 0 Å². The summed E-state index contributed by atoms with van der Waals surface area (Å²) in [6.07, 6.45) is 0.620. The minimum Gasteiger partial charge on any atom is -0.481 e. The molecule has 4 nitrogen and oxygen atoms in total. The number of nitrogens with zero attached hydrogens (tertiary/aromatic N) is 1. The molecule has 2 rings (SSSR count). The number of halogens is 2. The maximum Gasteiger partial charge on any atom is 0.303 e. The lowest BCUT2D eigenvalue weighted by molar-refractivity contribution is -0.137. The lowest BCUT2D eigenvalue weighted by Crippen LogP contribution is -2.07. The number of aliphatic carboxylic acids is 1. The highest BCUT2D eigenvalue weighted by Gasteiger charge is 2.12. The highest BCUT2D eigenvalue weighted by molar-refractivity contribution is 9.10. The number of benzene rings is 1. The summed E-state index contributed by atoms with van der Waals surface area (Å²) in [5.74, 6) is -0.517. The van der Waals surface area contributed by atoms with Crippen molar-refractivity contribution in [2.45, 2.75) is 19.8 Å². The molecule has 1 aromatic carbocycles. The van der Waals surface area contributed by atoms with Gasteiger partial charge in [0, 0.05) is 18.9 Å². The van der Waals surface area contributed by atoms with E-state index < -0.39 is 5.97 Å². The van der Waals surface area contributed by atoms with E-state index in [9.17, 15) is 9.18 Å². The molecule has 6 heteroatoms. The van der Waals surface area contributed by atoms with Gasteiger partial charge in [-0.05, 0) is 27.9 Å². The Morgan fingerprint density at radius 3 is 3.00 bits per heavy atom. The molecule has 1 unspecified atom stereocenters. The van der Waals surface area contributed by atoms with Crippen LogP contribution >= 0.6 is 15.9 Å². The number of rotatable bonds is 4. The lowest BCUT2D eigenvalue weighted by Gasteiger charge is -2.04. The first-order valence-electron chi connectivity index (χ1n) is 5.51. The number of fused-ring (bicyclic) bond motifs is 1. The van der Waals surface area contributed by atoms with Crippen LogP contribution in [0.15, 0.2) is 16.6 Å². The molecule has 0 saturated carbocycles. The molecule has 0 aliphatic heterocycles. The molecule has 0 saturated heterocycles. The van der Waals surface area contributed by atoms with Crippen LogP contribution in [0.5, 0.6) is 0 Å². The summed E-state index contributed by atoms with van der Waals surface area (Å²) in [5, 5.41) is 8.69. The number of imidazole rings is 1. The molecule has 96 valence electrons. The number of carbonyl (C=O) groups is 1. The van der Waals surface area contributed by atoms with Gasteiger partial charge >= 0.3 is 5.97 Å². The third-order valence-electron chi connectivity index (χ3n) is 2.64. The minimum atomic E-state index is -0.826. The second-order valence-electron chi connectivity index (χ2n) is 4.37. The van der Waals surface area contributed by atoms with Crippen molar-refractivity contribution in [2.24, 2.45) is 5.92 Å². The first kappa shape index (κ1) is 13.0. The third kappa shape index (κ3) is 2.87. The SMILES string of the molecule is CC(CC(=O)O)Cc1nc2cc(Br)c(F)cc2[nH]1.